The van der Waals surface area contributed by atoms with Gasteiger partial charge in [-0.25, -0.2) is 0 Å². The van der Waals surface area contributed by atoms with Crippen molar-refractivity contribution in [3.05, 3.63) is 166 Å². The van der Waals surface area contributed by atoms with Crippen LogP contribution in [0.15, 0.2) is 121 Å². The summed E-state index contributed by atoms with van der Waals surface area (Å²) < 4.78 is 0. The van der Waals surface area contributed by atoms with Crippen molar-refractivity contribution in [3.63, 3.8) is 0 Å². The number of rotatable bonds is 0. The van der Waals surface area contributed by atoms with Crippen molar-refractivity contribution in [1.82, 2.24) is 0 Å². The third-order valence-electron chi connectivity index (χ3n) is 19.8. The van der Waals surface area contributed by atoms with E-state index in [0.29, 0.717) is 0 Å². The Morgan fingerprint density at radius 2 is 0.250 bits per heavy atom. The Balaban J connectivity index is 1.36. The van der Waals surface area contributed by atoms with Crippen molar-refractivity contribution in [1.29, 1.82) is 0 Å². The van der Waals surface area contributed by atoms with E-state index in [-0.39, 0.29) is 43.3 Å². The average Bonchev–Trinajstić information content (AvgIpc) is 3.30. The van der Waals surface area contributed by atoms with Gasteiger partial charge >= 0.3 is 0 Å². The van der Waals surface area contributed by atoms with Gasteiger partial charge in [0.25, 0.3) is 0 Å². The van der Waals surface area contributed by atoms with Crippen molar-refractivity contribution < 1.29 is 0 Å². The van der Waals surface area contributed by atoms with Crippen LogP contribution in [-0.4, -0.2) is 0 Å². The predicted molar refractivity (Wildman–Crippen MR) is 374 cm³/mol. The minimum atomic E-state index is -0.110. The number of hydrogen-bond acceptors (Lipinski definition) is 0. The molecule has 0 aliphatic heterocycles. The second kappa shape index (κ2) is 17.5. The van der Waals surface area contributed by atoms with Crippen LogP contribution in [0.3, 0.4) is 0 Å². The largest absolute Gasteiger partial charge is 0.127 e. The van der Waals surface area contributed by atoms with Crippen LogP contribution in [0.25, 0.3) is 131 Å². The molecule has 1 aliphatic rings. The third kappa shape index (κ3) is 8.79. The highest BCUT2D eigenvalue weighted by Gasteiger charge is 2.27. The summed E-state index contributed by atoms with van der Waals surface area (Å²) in [5, 5.41) is 21.4. The van der Waals surface area contributed by atoms with Crippen molar-refractivity contribution in [2.24, 2.45) is 0 Å². The lowest BCUT2D eigenvalue weighted by molar-refractivity contribution is 0.590. The first-order valence-corrected chi connectivity index (χ1v) is 31.5. The molecule has 432 valence electrons. The van der Waals surface area contributed by atoms with Crippen LogP contribution >= 0.6 is 0 Å². The van der Waals surface area contributed by atoms with E-state index in [0.717, 1.165) is 0 Å². The van der Waals surface area contributed by atoms with Crippen LogP contribution in [0.2, 0.25) is 0 Å². The molecule has 0 N–H and O–H groups in total. The van der Waals surface area contributed by atoms with Gasteiger partial charge in [0.15, 0.2) is 0 Å². The molecule has 0 nitrogen and oxygen atoms in total. The normalized spacial score (nSPS) is 14.2. The summed E-state index contributed by atoms with van der Waals surface area (Å²) >= 11 is 0. The van der Waals surface area contributed by atoms with E-state index in [1.807, 2.05) is 0 Å². The highest BCUT2D eigenvalue weighted by atomic mass is 14.4. The molecular formula is C84H92-4. The Morgan fingerprint density at radius 1 is 0.155 bits per heavy atom. The second-order valence-corrected chi connectivity index (χ2v) is 34.5. The van der Waals surface area contributed by atoms with Crippen molar-refractivity contribution in [3.8, 4) is 44.5 Å². The van der Waals surface area contributed by atoms with E-state index < -0.39 is 0 Å². The maximum absolute atomic E-state index is 2.62. The molecule has 13 rings (SSSR count). The lowest BCUT2D eigenvalue weighted by atomic mass is 9.80. The van der Waals surface area contributed by atoms with Crippen LogP contribution in [0, 0.1) is 0 Å². The van der Waals surface area contributed by atoms with Crippen LogP contribution in [0.4, 0.5) is 0 Å². The smallest absolute Gasteiger partial charge is 0.0145 e. The summed E-state index contributed by atoms with van der Waals surface area (Å²) in [5.74, 6) is 0. The predicted octanol–water partition coefficient (Wildman–Crippen LogP) is 25.1. The molecule has 84 heavy (non-hydrogen) atoms. The Kier molecular flexibility index (Phi) is 11.7. The van der Waals surface area contributed by atoms with Gasteiger partial charge < -0.3 is 0 Å². The molecule has 0 spiro atoms. The number of fused-ring (bicyclic) bond motifs is 4. The van der Waals surface area contributed by atoms with Crippen molar-refractivity contribution in [2.75, 3.05) is 0 Å². The monoisotopic (exact) mass is 1100 g/mol. The molecule has 0 unspecified atom stereocenters. The van der Waals surface area contributed by atoms with Gasteiger partial charge in [-0.3, -0.25) is 0 Å². The SMILES string of the molecule is CC(C)(C)c1cc2c3[cH-]c4c(cc(C(C)(C)C)cc4c3c1)-c1cc(C(C)(C)C)cc3c1[cH-]c1c(cc(C(C)(C)C)cc13)-c1cc(C(C)(C)C)cc3c1[cH-]c1c(cc(C(C)(C)C)cc13)-c1cc(C(C)(C)C)cc3c1[cH-]c1c-2cc(C(C)(C)C)cc13. The molecule has 0 heteroatoms. The minimum absolute atomic E-state index is 0.110. The van der Waals surface area contributed by atoms with Crippen molar-refractivity contribution in [2.45, 2.75) is 209 Å². The molecule has 0 heterocycles. The van der Waals surface area contributed by atoms with E-state index in [4.69, 9.17) is 0 Å². The first kappa shape index (κ1) is 56.4. The van der Waals surface area contributed by atoms with Gasteiger partial charge in [-0.1, -0.05) is 308 Å². The lowest BCUT2D eigenvalue weighted by Gasteiger charge is -2.28. The minimum Gasteiger partial charge on any atom is -0.127 e. The van der Waals surface area contributed by atoms with E-state index in [1.54, 1.807) is 0 Å². The van der Waals surface area contributed by atoms with Crippen LogP contribution in [0.5, 0.6) is 0 Å². The lowest BCUT2D eigenvalue weighted by Crippen LogP contribution is -2.12. The first-order valence-electron chi connectivity index (χ1n) is 31.5. The van der Waals surface area contributed by atoms with Gasteiger partial charge in [0.2, 0.25) is 0 Å². The highest BCUT2D eigenvalue weighted by Crippen LogP contribution is 2.54. The first-order chi connectivity index (χ1) is 38.6. The zero-order valence-electron chi connectivity index (χ0n) is 55.5. The van der Waals surface area contributed by atoms with Crippen molar-refractivity contribution >= 4 is 86.2 Å². The Bertz CT molecular complexity index is 3880. The van der Waals surface area contributed by atoms with Crippen LogP contribution in [-0.2, 0) is 43.3 Å². The van der Waals surface area contributed by atoms with E-state index in [1.165, 1.54) is 175 Å². The Labute approximate surface area is 503 Å². The van der Waals surface area contributed by atoms with E-state index in [9.17, 15) is 0 Å². The molecule has 24 bridgehead atoms. The molecule has 12 aromatic carbocycles. The summed E-state index contributed by atoms with van der Waals surface area (Å²) in [5.41, 5.74) is 20.6. The average molecular weight is 1100 g/mol. The summed E-state index contributed by atoms with van der Waals surface area (Å²) in [6.45, 7) is 57.7. The Hall–Kier alpha value is -6.76. The van der Waals surface area contributed by atoms with Gasteiger partial charge in [0.1, 0.15) is 0 Å². The maximum Gasteiger partial charge on any atom is -0.0145 e. The summed E-state index contributed by atoms with van der Waals surface area (Å²) in [4.78, 5) is 0. The fourth-order valence-corrected chi connectivity index (χ4v) is 14.1. The van der Waals surface area contributed by atoms with Gasteiger partial charge in [-0.05, 0) is 43.3 Å². The highest BCUT2D eigenvalue weighted by molar-refractivity contribution is 6.29. The van der Waals surface area contributed by atoms with Gasteiger partial charge in [0, 0.05) is 0 Å². The van der Waals surface area contributed by atoms with E-state index >= 15 is 0 Å². The van der Waals surface area contributed by atoms with Crippen LogP contribution in [0.1, 0.15) is 211 Å². The molecular weight excluding hydrogens is 1010 g/mol. The zero-order valence-corrected chi connectivity index (χ0v) is 55.5. The molecule has 0 aromatic heterocycles. The van der Waals surface area contributed by atoms with Crippen LogP contribution < -0.4 is 0 Å². The molecule has 0 fully saturated rings. The summed E-state index contributed by atoms with van der Waals surface area (Å²) in [7, 11) is 0. The maximum atomic E-state index is 2.62. The molecule has 1 aliphatic carbocycles. The molecule has 0 saturated heterocycles. The van der Waals surface area contributed by atoms with Gasteiger partial charge in [0.05, 0.1) is 0 Å². The molecule has 0 atom stereocenters. The molecule has 12 aromatic rings. The summed E-state index contributed by atoms with van der Waals surface area (Å²) in [6.07, 6.45) is 0. The van der Waals surface area contributed by atoms with E-state index in [2.05, 4.69) is 287 Å². The second-order valence-electron chi connectivity index (χ2n) is 34.5. The topological polar surface area (TPSA) is 0 Å². The Morgan fingerprint density at radius 3 is 0.333 bits per heavy atom. The molecule has 0 amide bonds. The fraction of sp³-hybridized carbons (Fsp3) is 0.381. The number of benzene rings is 8. The number of hydrogen-bond donors (Lipinski definition) is 0. The van der Waals surface area contributed by atoms with Gasteiger partial charge in [-0.15, -0.1) is 155 Å². The fourth-order valence-electron chi connectivity index (χ4n) is 14.1. The quantitative estimate of drug-likeness (QED) is 0.133. The zero-order chi connectivity index (χ0) is 60.6. The summed E-state index contributed by atoms with van der Waals surface area (Å²) in [6, 6.07) is 51.7. The molecule has 0 radical (unpaired) electrons. The van der Waals surface area contributed by atoms with Gasteiger partial charge in [-0.2, -0.15) is 0 Å². The third-order valence-corrected chi connectivity index (χ3v) is 19.8. The molecule has 0 saturated carbocycles. The standard InChI is InChI=1S/C84H92/c1-77(2,3)45-25-53-54-26-46(78(4,5)6)35-63-64-36-49(81(13,14)15)29-57-58-30-51(83(19,20)21)39-67(74(58)43-73(57)64)68-40-52(84(22,23)24)32-60-59-31-50(82(16,17)18)38-66(75(59)44-76(60)68)65-37-48(80(10,11)12)28-56-55-27-47(79(7,8)9)34-62(71(55)42-72(56)65)61(33-45)69(53)41-70(54)63/h25-44H,1-24H3/q-4.